The maximum atomic E-state index is 13.1. The molecule has 1 N–H and O–H groups in total. The molecule has 0 radical (unpaired) electrons. The van der Waals surface area contributed by atoms with E-state index in [4.69, 9.17) is 4.74 Å². The first kappa shape index (κ1) is 22.3. The van der Waals surface area contributed by atoms with Gasteiger partial charge in [-0.2, -0.15) is 4.31 Å². The zero-order valence-electron chi connectivity index (χ0n) is 17.8. The number of amides is 1. The number of ether oxygens (including phenoxy) is 1. The van der Waals surface area contributed by atoms with Crippen LogP contribution in [0.3, 0.4) is 0 Å². The van der Waals surface area contributed by atoms with E-state index >= 15 is 0 Å². The minimum absolute atomic E-state index is 0.174. The predicted molar refractivity (Wildman–Crippen MR) is 117 cm³/mol. The Hall–Kier alpha value is -2.38. The molecule has 0 saturated carbocycles. The van der Waals surface area contributed by atoms with Crippen molar-refractivity contribution in [3.05, 3.63) is 59.2 Å². The lowest BCUT2D eigenvalue weighted by Gasteiger charge is -2.26. The van der Waals surface area contributed by atoms with E-state index in [1.807, 2.05) is 31.2 Å². The van der Waals surface area contributed by atoms with Crippen molar-refractivity contribution in [2.24, 2.45) is 0 Å². The standard InChI is InChI=1S/C23H30N2O4S/c1-4-21(18-10-12-20(29-3)13-11-18)24-23(26)19-9-8-17(2)22(16-19)30(27,28)25-14-6-5-7-15-25/h8-13,16,21H,4-7,14-15H2,1-3H3,(H,24,26)/t21-/m1/s1. The second-order valence-electron chi connectivity index (χ2n) is 7.65. The highest BCUT2D eigenvalue weighted by atomic mass is 32.2. The number of rotatable bonds is 7. The smallest absolute Gasteiger partial charge is 0.251 e. The Morgan fingerprint density at radius 2 is 1.77 bits per heavy atom. The lowest BCUT2D eigenvalue weighted by Crippen LogP contribution is -2.36. The highest BCUT2D eigenvalue weighted by molar-refractivity contribution is 7.89. The van der Waals surface area contributed by atoms with Gasteiger partial charge in [-0.15, -0.1) is 0 Å². The summed E-state index contributed by atoms with van der Waals surface area (Å²) < 4.78 is 33.0. The summed E-state index contributed by atoms with van der Waals surface area (Å²) >= 11 is 0. The van der Waals surface area contributed by atoms with Crippen molar-refractivity contribution in [3.63, 3.8) is 0 Å². The number of sulfonamides is 1. The molecule has 0 aromatic heterocycles. The molecule has 0 aliphatic carbocycles. The van der Waals surface area contributed by atoms with Gasteiger partial charge in [-0.1, -0.05) is 31.5 Å². The van der Waals surface area contributed by atoms with Crippen LogP contribution < -0.4 is 10.1 Å². The van der Waals surface area contributed by atoms with Crippen LogP contribution in [0, 0.1) is 6.92 Å². The Labute approximate surface area is 179 Å². The molecule has 1 fully saturated rings. The molecule has 0 unspecified atom stereocenters. The van der Waals surface area contributed by atoms with Crippen molar-refractivity contribution in [3.8, 4) is 5.75 Å². The molecule has 7 heteroatoms. The average Bonchev–Trinajstić information content (AvgIpc) is 2.78. The Kier molecular flexibility index (Phi) is 7.15. The van der Waals surface area contributed by atoms with Gasteiger partial charge < -0.3 is 10.1 Å². The van der Waals surface area contributed by atoms with E-state index < -0.39 is 10.0 Å². The molecule has 1 atom stereocenters. The van der Waals surface area contributed by atoms with Gasteiger partial charge >= 0.3 is 0 Å². The normalized spacial score (nSPS) is 16.1. The molecule has 0 bridgehead atoms. The van der Waals surface area contributed by atoms with E-state index in [-0.39, 0.29) is 16.8 Å². The lowest BCUT2D eigenvalue weighted by molar-refractivity contribution is 0.0935. The maximum absolute atomic E-state index is 13.1. The molecule has 1 aliphatic heterocycles. The number of nitrogens with one attached hydrogen (secondary N) is 1. The molecular weight excluding hydrogens is 400 g/mol. The Bertz CT molecular complexity index is 981. The van der Waals surface area contributed by atoms with Crippen LogP contribution >= 0.6 is 0 Å². The quantitative estimate of drug-likeness (QED) is 0.719. The second-order valence-corrected chi connectivity index (χ2v) is 9.56. The number of hydrogen-bond acceptors (Lipinski definition) is 4. The number of carbonyl (C=O) groups is 1. The number of methoxy groups -OCH3 is 1. The number of carbonyl (C=O) groups excluding carboxylic acids is 1. The van der Waals surface area contributed by atoms with Gasteiger partial charge in [0.1, 0.15) is 5.75 Å². The fraction of sp³-hybridized carbons (Fsp3) is 0.435. The van der Waals surface area contributed by atoms with E-state index in [9.17, 15) is 13.2 Å². The Morgan fingerprint density at radius 1 is 1.10 bits per heavy atom. The minimum Gasteiger partial charge on any atom is -0.497 e. The van der Waals surface area contributed by atoms with Crippen LogP contribution in [0.5, 0.6) is 5.75 Å². The fourth-order valence-corrected chi connectivity index (χ4v) is 5.53. The summed E-state index contributed by atoms with van der Waals surface area (Å²) in [5.41, 5.74) is 1.97. The predicted octanol–water partition coefficient (Wildman–Crippen LogP) is 4.06. The largest absolute Gasteiger partial charge is 0.497 e. The summed E-state index contributed by atoms with van der Waals surface area (Å²) in [4.78, 5) is 13.2. The number of nitrogens with zero attached hydrogens (tertiary/aromatic N) is 1. The SMILES string of the molecule is CC[C@@H](NC(=O)c1ccc(C)c(S(=O)(=O)N2CCCCC2)c1)c1ccc(OC)cc1. The monoisotopic (exact) mass is 430 g/mol. The van der Waals surface area contributed by atoms with Gasteiger partial charge in [0.15, 0.2) is 0 Å². The second kappa shape index (κ2) is 9.62. The van der Waals surface area contributed by atoms with Crippen LogP contribution in [0.25, 0.3) is 0 Å². The summed E-state index contributed by atoms with van der Waals surface area (Å²) in [5, 5.41) is 3.03. The van der Waals surface area contributed by atoms with Crippen LogP contribution in [0.1, 0.15) is 60.1 Å². The molecular formula is C23H30N2O4S. The molecule has 1 saturated heterocycles. The summed E-state index contributed by atoms with van der Waals surface area (Å²) in [5.74, 6) is 0.471. The molecule has 2 aromatic rings. The molecule has 0 spiro atoms. The van der Waals surface area contributed by atoms with Crippen LogP contribution in [0.4, 0.5) is 0 Å². The van der Waals surface area contributed by atoms with Crippen LogP contribution in [-0.4, -0.2) is 38.8 Å². The van der Waals surface area contributed by atoms with Crippen molar-refractivity contribution in [2.75, 3.05) is 20.2 Å². The number of benzene rings is 2. The van der Waals surface area contributed by atoms with E-state index in [0.717, 1.165) is 30.6 Å². The van der Waals surface area contributed by atoms with Crippen LogP contribution in [-0.2, 0) is 10.0 Å². The first-order valence-electron chi connectivity index (χ1n) is 10.4. The first-order valence-corrected chi connectivity index (χ1v) is 11.9. The van der Waals surface area contributed by atoms with E-state index in [1.54, 1.807) is 26.2 Å². The van der Waals surface area contributed by atoms with Gasteiger partial charge in [-0.3, -0.25) is 4.79 Å². The molecule has 30 heavy (non-hydrogen) atoms. The minimum atomic E-state index is -3.60. The Balaban J connectivity index is 1.82. The van der Waals surface area contributed by atoms with Crippen LogP contribution in [0.15, 0.2) is 47.4 Å². The third-order valence-corrected chi connectivity index (χ3v) is 7.66. The maximum Gasteiger partial charge on any atom is 0.251 e. The molecule has 1 aliphatic rings. The Morgan fingerprint density at radius 3 is 2.37 bits per heavy atom. The average molecular weight is 431 g/mol. The topological polar surface area (TPSA) is 75.7 Å². The molecule has 3 rings (SSSR count). The summed E-state index contributed by atoms with van der Waals surface area (Å²) in [6.45, 7) is 4.84. The van der Waals surface area contributed by atoms with Gasteiger partial charge in [0.2, 0.25) is 10.0 Å². The molecule has 1 amide bonds. The highest BCUT2D eigenvalue weighted by Crippen LogP contribution is 2.25. The van der Waals surface area contributed by atoms with Crippen LogP contribution in [0.2, 0.25) is 0 Å². The molecule has 2 aromatic carbocycles. The number of aryl methyl sites for hydroxylation is 1. The van der Waals surface area contributed by atoms with E-state index in [1.165, 1.54) is 10.4 Å². The molecule has 1 heterocycles. The van der Waals surface area contributed by atoms with Crippen molar-refractivity contribution >= 4 is 15.9 Å². The van der Waals surface area contributed by atoms with Gasteiger partial charge in [-0.05, 0) is 61.6 Å². The highest BCUT2D eigenvalue weighted by Gasteiger charge is 2.28. The summed E-state index contributed by atoms with van der Waals surface area (Å²) in [6.07, 6.45) is 3.51. The first-order chi connectivity index (χ1) is 14.4. The van der Waals surface area contributed by atoms with Gasteiger partial charge in [-0.25, -0.2) is 8.42 Å². The van der Waals surface area contributed by atoms with Crippen molar-refractivity contribution in [1.82, 2.24) is 9.62 Å². The van der Waals surface area contributed by atoms with Gasteiger partial charge in [0.05, 0.1) is 18.0 Å². The summed E-state index contributed by atoms with van der Waals surface area (Å²) in [6, 6.07) is 12.3. The number of piperidine rings is 1. The molecule has 6 nitrogen and oxygen atoms in total. The zero-order valence-corrected chi connectivity index (χ0v) is 18.7. The zero-order chi connectivity index (χ0) is 21.7. The van der Waals surface area contributed by atoms with Gasteiger partial charge in [0.25, 0.3) is 5.91 Å². The number of hydrogen-bond donors (Lipinski definition) is 1. The third-order valence-electron chi connectivity index (χ3n) is 5.61. The van der Waals surface area contributed by atoms with Crippen molar-refractivity contribution in [1.29, 1.82) is 0 Å². The fourth-order valence-electron chi connectivity index (χ4n) is 3.76. The van der Waals surface area contributed by atoms with Crippen molar-refractivity contribution < 1.29 is 17.9 Å². The third kappa shape index (κ3) is 4.84. The molecule has 162 valence electrons. The van der Waals surface area contributed by atoms with E-state index in [2.05, 4.69) is 5.32 Å². The van der Waals surface area contributed by atoms with Crippen molar-refractivity contribution in [2.45, 2.75) is 50.5 Å². The summed E-state index contributed by atoms with van der Waals surface area (Å²) in [7, 11) is -1.99. The van der Waals surface area contributed by atoms with Gasteiger partial charge in [0, 0.05) is 18.7 Å². The lowest BCUT2D eigenvalue weighted by atomic mass is 10.0. The van der Waals surface area contributed by atoms with E-state index in [0.29, 0.717) is 30.6 Å².